The van der Waals surface area contributed by atoms with Gasteiger partial charge in [-0.25, -0.2) is 0 Å². The van der Waals surface area contributed by atoms with Crippen LogP contribution >= 0.6 is 0 Å². The van der Waals surface area contributed by atoms with Gasteiger partial charge in [-0.2, -0.15) is 0 Å². The molecule has 104 valence electrons. The molecule has 1 amide bonds. The molecule has 0 radical (unpaired) electrons. The van der Waals surface area contributed by atoms with Crippen LogP contribution in [0, 0.1) is 0 Å². The van der Waals surface area contributed by atoms with Crippen molar-refractivity contribution >= 4 is 11.6 Å². The maximum atomic E-state index is 11.6. The molecule has 1 aliphatic heterocycles. The number of nitrogens with zero attached hydrogens (tertiary/aromatic N) is 2. The smallest absolute Gasteiger partial charge is 0.250 e. The maximum absolute atomic E-state index is 11.6. The van der Waals surface area contributed by atoms with E-state index in [1.807, 2.05) is 0 Å². The average Bonchev–Trinajstić information content (AvgIpc) is 2.82. The highest BCUT2D eigenvalue weighted by Crippen LogP contribution is 2.16. The summed E-state index contributed by atoms with van der Waals surface area (Å²) in [5.41, 5.74) is 11.5. The Labute approximate surface area is 112 Å². The summed E-state index contributed by atoms with van der Waals surface area (Å²) < 4.78 is 1.60. The number of amides is 1. The lowest BCUT2D eigenvalue weighted by atomic mass is 10.2. The molecule has 1 unspecified atom stereocenters. The highest BCUT2D eigenvalue weighted by molar-refractivity contribution is 5.80. The van der Waals surface area contributed by atoms with Crippen molar-refractivity contribution in [1.82, 2.24) is 9.47 Å². The Morgan fingerprint density at radius 2 is 2.16 bits per heavy atom. The van der Waals surface area contributed by atoms with E-state index in [4.69, 9.17) is 11.5 Å². The number of anilines is 1. The lowest BCUT2D eigenvalue weighted by Crippen LogP contribution is -2.41. The van der Waals surface area contributed by atoms with E-state index in [1.54, 1.807) is 16.8 Å². The van der Waals surface area contributed by atoms with Crippen molar-refractivity contribution in [2.45, 2.75) is 31.8 Å². The highest BCUT2D eigenvalue weighted by atomic mass is 16.1. The van der Waals surface area contributed by atoms with E-state index in [1.165, 1.54) is 6.07 Å². The number of rotatable bonds is 5. The van der Waals surface area contributed by atoms with Gasteiger partial charge in [0.15, 0.2) is 0 Å². The zero-order valence-corrected chi connectivity index (χ0v) is 10.9. The predicted molar refractivity (Wildman–Crippen MR) is 73.5 cm³/mol. The molecule has 1 aromatic rings. The predicted octanol–water partition coefficient (Wildman–Crippen LogP) is -0.230. The van der Waals surface area contributed by atoms with Gasteiger partial charge in [-0.1, -0.05) is 0 Å². The van der Waals surface area contributed by atoms with E-state index in [2.05, 4.69) is 4.90 Å². The summed E-state index contributed by atoms with van der Waals surface area (Å²) >= 11 is 0. The van der Waals surface area contributed by atoms with Gasteiger partial charge in [-0.3, -0.25) is 14.5 Å². The Morgan fingerprint density at radius 3 is 2.89 bits per heavy atom. The minimum Gasteiger partial charge on any atom is -0.398 e. The minimum absolute atomic E-state index is 0.0536. The van der Waals surface area contributed by atoms with Crippen LogP contribution in [0.1, 0.15) is 19.3 Å². The lowest BCUT2D eigenvalue weighted by Gasteiger charge is -2.21. The first kappa shape index (κ1) is 13.6. The van der Waals surface area contributed by atoms with Crippen molar-refractivity contribution in [3.05, 3.63) is 28.7 Å². The summed E-state index contributed by atoms with van der Waals surface area (Å²) in [6.07, 6.45) is 4.30. The molecule has 1 saturated heterocycles. The van der Waals surface area contributed by atoms with Gasteiger partial charge in [0.2, 0.25) is 5.91 Å². The number of nitrogens with two attached hydrogens (primary N) is 2. The van der Waals surface area contributed by atoms with Gasteiger partial charge >= 0.3 is 0 Å². The molecule has 19 heavy (non-hydrogen) atoms. The van der Waals surface area contributed by atoms with E-state index in [0.717, 1.165) is 32.4 Å². The van der Waals surface area contributed by atoms with Crippen LogP contribution in [0.5, 0.6) is 0 Å². The molecule has 2 rings (SSSR count). The normalized spacial score (nSPS) is 19.7. The molecular weight excluding hydrogens is 244 g/mol. The molecule has 0 saturated carbocycles. The number of carbonyl (C=O) groups excluding carboxylic acids is 1. The molecule has 1 aliphatic rings. The molecule has 4 N–H and O–H groups in total. The molecule has 1 fully saturated rings. The fraction of sp³-hybridized carbons (Fsp3) is 0.538. The SMILES string of the molecule is NC(=O)C1CCCN1CCCn1cc(N)ccc1=O. The Balaban J connectivity index is 1.88. The molecule has 1 aromatic heterocycles. The fourth-order valence-corrected chi connectivity index (χ4v) is 2.58. The quantitative estimate of drug-likeness (QED) is 0.768. The van der Waals surface area contributed by atoms with E-state index < -0.39 is 0 Å². The third-order valence-corrected chi connectivity index (χ3v) is 3.54. The number of primary amides is 1. The van der Waals surface area contributed by atoms with E-state index in [-0.39, 0.29) is 17.5 Å². The van der Waals surface area contributed by atoms with Crippen LogP contribution in [-0.2, 0) is 11.3 Å². The van der Waals surface area contributed by atoms with Gasteiger partial charge in [-0.05, 0) is 31.9 Å². The highest BCUT2D eigenvalue weighted by Gasteiger charge is 2.28. The third-order valence-electron chi connectivity index (χ3n) is 3.54. The Morgan fingerprint density at radius 1 is 1.37 bits per heavy atom. The van der Waals surface area contributed by atoms with Gasteiger partial charge in [0.1, 0.15) is 0 Å². The molecule has 0 aromatic carbocycles. The second-order valence-corrected chi connectivity index (χ2v) is 4.94. The van der Waals surface area contributed by atoms with Crippen molar-refractivity contribution in [1.29, 1.82) is 0 Å². The zero-order chi connectivity index (χ0) is 13.8. The van der Waals surface area contributed by atoms with Gasteiger partial charge in [-0.15, -0.1) is 0 Å². The van der Waals surface area contributed by atoms with Crippen molar-refractivity contribution in [2.24, 2.45) is 5.73 Å². The molecule has 0 aliphatic carbocycles. The number of likely N-dealkylation sites (tertiary alicyclic amines) is 1. The standard InChI is InChI=1S/C13H20N4O2/c14-10-4-5-12(18)17(9-10)8-2-7-16-6-1-3-11(16)13(15)19/h4-5,9,11H,1-3,6-8,14H2,(H2,15,19). The number of nitrogen functional groups attached to an aromatic ring is 1. The fourth-order valence-electron chi connectivity index (χ4n) is 2.58. The molecule has 0 spiro atoms. The van der Waals surface area contributed by atoms with Crippen LogP contribution in [0.2, 0.25) is 0 Å². The van der Waals surface area contributed by atoms with E-state index in [0.29, 0.717) is 12.2 Å². The average molecular weight is 264 g/mol. The Bertz CT molecular complexity index is 512. The number of carbonyl (C=O) groups is 1. The van der Waals surface area contributed by atoms with Crippen LogP contribution in [0.4, 0.5) is 5.69 Å². The van der Waals surface area contributed by atoms with Gasteiger partial charge in [0.25, 0.3) is 5.56 Å². The summed E-state index contributed by atoms with van der Waals surface area (Å²) in [7, 11) is 0. The second-order valence-electron chi connectivity index (χ2n) is 4.94. The maximum Gasteiger partial charge on any atom is 0.250 e. The first-order valence-corrected chi connectivity index (χ1v) is 6.57. The minimum atomic E-state index is -0.251. The van der Waals surface area contributed by atoms with Crippen molar-refractivity contribution in [3.8, 4) is 0 Å². The summed E-state index contributed by atoms with van der Waals surface area (Å²) in [5, 5.41) is 0. The largest absolute Gasteiger partial charge is 0.398 e. The van der Waals surface area contributed by atoms with Crippen molar-refractivity contribution in [2.75, 3.05) is 18.8 Å². The first-order valence-electron chi connectivity index (χ1n) is 6.57. The monoisotopic (exact) mass is 264 g/mol. The van der Waals surface area contributed by atoms with E-state index in [9.17, 15) is 9.59 Å². The molecular formula is C13H20N4O2. The number of aromatic nitrogens is 1. The third kappa shape index (κ3) is 3.35. The zero-order valence-electron chi connectivity index (χ0n) is 10.9. The number of hydrogen-bond acceptors (Lipinski definition) is 4. The van der Waals surface area contributed by atoms with E-state index >= 15 is 0 Å². The van der Waals surface area contributed by atoms with Crippen LogP contribution in [0.25, 0.3) is 0 Å². The Hall–Kier alpha value is -1.82. The van der Waals surface area contributed by atoms with Crippen molar-refractivity contribution in [3.63, 3.8) is 0 Å². The Kier molecular flexibility index (Phi) is 4.21. The lowest BCUT2D eigenvalue weighted by molar-refractivity contribution is -0.122. The van der Waals surface area contributed by atoms with Gasteiger partial charge < -0.3 is 16.0 Å². The number of pyridine rings is 1. The van der Waals surface area contributed by atoms with Crippen molar-refractivity contribution < 1.29 is 4.79 Å². The first-order chi connectivity index (χ1) is 9.08. The van der Waals surface area contributed by atoms with Crippen LogP contribution in [-0.4, -0.2) is 34.5 Å². The number of aryl methyl sites for hydroxylation is 1. The molecule has 2 heterocycles. The van der Waals surface area contributed by atoms with Crippen LogP contribution in [0.15, 0.2) is 23.1 Å². The van der Waals surface area contributed by atoms with Gasteiger partial charge in [0, 0.05) is 31.0 Å². The van der Waals surface area contributed by atoms with Crippen LogP contribution < -0.4 is 17.0 Å². The number of hydrogen-bond donors (Lipinski definition) is 2. The topological polar surface area (TPSA) is 94.3 Å². The second kappa shape index (κ2) is 5.88. The van der Waals surface area contributed by atoms with Crippen LogP contribution in [0.3, 0.4) is 0 Å². The summed E-state index contributed by atoms with van der Waals surface area (Å²) in [4.78, 5) is 24.9. The molecule has 1 atom stereocenters. The summed E-state index contributed by atoms with van der Waals surface area (Å²) in [5.74, 6) is -0.251. The molecule has 0 bridgehead atoms. The molecule has 6 heteroatoms. The van der Waals surface area contributed by atoms with Gasteiger partial charge in [0.05, 0.1) is 6.04 Å². The summed E-state index contributed by atoms with van der Waals surface area (Å²) in [6.45, 7) is 2.28. The molecule has 6 nitrogen and oxygen atoms in total. The summed E-state index contributed by atoms with van der Waals surface area (Å²) in [6, 6.07) is 2.93.